The minimum absolute atomic E-state index is 0.0942. The lowest BCUT2D eigenvalue weighted by atomic mass is 9.85. The van der Waals surface area contributed by atoms with E-state index in [0.29, 0.717) is 0 Å². The summed E-state index contributed by atoms with van der Waals surface area (Å²) in [7, 11) is 2.05. The summed E-state index contributed by atoms with van der Waals surface area (Å²) in [5, 5.41) is 21.7. The lowest BCUT2D eigenvalue weighted by molar-refractivity contribution is -0.484. The van der Waals surface area contributed by atoms with Crippen LogP contribution in [0.2, 0.25) is 0 Å². The summed E-state index contributed by atoms with van der Waals surface area (Å²) < 4.78 is 9.00. The van der Waals surface area contributed by atoms with Gasteiger partial charge in [-0.2, -0.15) is 0 Å². The number of nitro groups is 2. The van der Waals surface area contributed by atoms with E-state index >= 15 is 0 Å². The molecule has 0 aliphatic carbocycles. The maximum Gasteiger partial charge on any atom is 0.320 e. The molecular weight excluding hydrogens is 312 g/mol. The second kappa shape index (κ2) is 7.82. The highest BCUT2D eigenvalue weighted by Gasteiger charge is 2.41. The van der Waals surface area contributed by atoms with Crippen LogP contribution in [0.1, 0.15) is 11.5 Å². The Kier molecular flexibility index (Phi) is 6.13. The molecule has 0 amide bonds. The SMILES string of the molecule is COC(=O)C(C(=O)OC)[C@H](C[N+](=O)[O-])c1cccc([N+](=O)[O-])c1. The third-order valence-corrected chi connectivity index (χ3v) is 3.17. The average Bonchev–Trinajstić information content (AvgIpc) is 2.53. The van der Waals surface area contributed by atoms with Crippen molar-refractivity contribution in [3.63, 3.8) is 0 Å². The fourth-order valence-electron chi connectivity index (χ4n) is 2.11. The summed E-state index contributed by atoms with van der Waals surface area (Å²) in [6, 6.07) is 4.94. The van der Waals surface area contributed by atoms with Crippen LogP contribution in [0.5, 0.6) is 0 Å². The van der Waals surface area contributed by atoms with Gasteiger partial charge in [0.1, 0.15) is 0 Å². The van der Waals surface area contributed by atoms with E-state index in [1.807, 2.05) is 0 Å². The molecule has 0 heterocycles. The molecule has 0 saturated heterocycles. The van der Waals surface area contributed by atoms with Crippen LogP contribution in [0.3, 0.4) is 0 Å². The van der Waals surface area contributed by atoms with Crippen LogP contribution in [0.25, 0.3) is 0 Å². The van der Waals surface area contributed by atoms with E-state index in [9.17, 15) is 29.8 Å². The van der Waals surface area contributed by atoms with Gasteiger partial charge in [0.05, 0.1) is 25.1 Å². The summed E-state index contributed by atoms with van der Waals surface area (Å²) >= 11 is 0. The molecule has 1 aromatic carbocycles. The first-order chi connectivity index (χ1) is 10.8. The molecule has 0 radical (unpaired) electrons. The van der Waals surface area contributed by atoms with Crippen molar-refractivity contribution in [2.24, 2.45) is 5.92 Å². The highest BCUT2D eigenvalue weighted by Crippen LogP contribution is 2.29. The minimum atomic E-state index is -1.60. The lowest BCUT2D eigenvalue weighted by Crippen LogP contribution is -2.35. The van der Waals surface area contributed by atoms with Gasteiger partial charge in [-0.05, 0) is 5.56 Å². The van der Waals surface area contributed by atoms with Gasteiger partial charge in [-0.15, -0.1) is 0 Å². The van der Waals surface area contributed by atoms with Gasteiger partial charge in [-0.3, -0.25) is 29.8 Å². The van der Waals surface area contributed by atoms with E-state index in [1.54, 1.807) is 0 Å². The summed E-state index contributed by atoms with van der Waals surface area (Å²) in [6.07, 6.45) is 0. The summed E-state index contributed by atoms with van der Waals surface area (Å²) in [4.78, 5) is 44.0. The molecule has 10 heteroatoms. The van der Waals surface area contributed by atoms with Crippen LogP contribution in [0.4, 0.5) is 5.69 Å². The molecule has 10 nitrogen and oxygen atoms in total. The van der Waals surface area contributed by atoms with Crippen molar-refractivity contribution in [3.8, 4) is 0 Å². The topological polar surface area (TPSA) is 139 Å². The molecule has 0 aromatic heterocycles. The minimum Gasteiger partial charge on any atom is -0.468 e. The normalized spacial score (nSPS) is 11.6. The van der Waals surface area contributed by atoms with Crippen LogP contribution in [-0.2, 0) is 19.1 Å². The van der Waals surface area contributed by atoms with Crippen LogP contribution in [-0.4, -0.2) is 42.5 Å². The van der Waals surface area contributed by atoms with Crippen molar-refractivity contribution in [3.05, 3.63) is 50.1 Å². The number of methoxy groups -OCH3 is 2. The first-order valence-corrected chi connectivity index (χ1v) is 6.33. The largest absolute Gasteiger partial charge is 0.468 e. The average molecular weight is 326 g/mol. The Hall–Kier alpha value is -3.04. The van der Waals surface area contributed by atoms with Crippen molar-refractivity contribution in [2.75, 3.05) is 20.8 Å². The molecule has 1 aromatic rings. The molecule has 0 bridgehead atoms. The quantitative estimate of drug-likeness (QED) is 0.312. The number of carbonyl (C=O) groups excluding carboxylic acids is 2. The zero-order valence-electron chi connectivity index (χ0n) is 12.3. The number of hydrogen-bond acceptors (Lipinski definition) is 8. The van der Waals surface area contributed by atoms with E-state index in [-0.39, 0.29) is 11.3 Å². The van der Waals surface area contributed by atoms with Gasteiger partial charge in [-0.1, -0.05) is 12.1 Å². The Morgan fingerprint density at radius 1 is 1.13 bits per heavy atom. The third-order valence-electron chi connectivity index (χ3n) is 3.17. The molecular formula is C13H14N2O8. The lowest BCUT2D eigenvalue weighted by Gasteiger charge is -2.20. The molecule has 0 saturated carbocycles. The molecule has 0 fully saturated rings. The summed E-state index contributed by atoms with van der Waals surface area (Å²) in [6.45, 7) is -0.796. The standard InChI is InChI=1S/C13H14N2O8/c1-22-12(16)11(13(17)23-2)10(7-14(18)19)8-4-3-5-9(6-8)15(20)21/h3-6,10-11H,7H2,1-2H3/t10-/m1/s1. The van der Waals surface area contributed by atoms with E-state index in [0.717, 1.165) is 20.3 Å². The first kappa shape index (κ1) is 18.0. The predicted octanol–water partition coefficient (Wildman–Crippen LogP) is 0.917. The van der Waals surface area contributed by atoms with Gasteiger partial charge in [-0.25, -0.2) is 0 Å². The number of rotatable bonds is 7. The maximum absolute atomic E-state index is 11.8. The third kappa shape index (κ3) is 4.46. The number of nitrogens with zero attached hydrogens (tertiary/aromatic N) is 2. The van der Waals surface area contributed by atoms with E-state index < -0.39 is 40.2 Å². The molecule has 23 heavy (non-hydrogen) atoms. The van der Waals surface area contributed by atoms with Gasteiger partial charge in [0.2, 0.25) is 6.54 Å². The molecule has 0 aliphatic heterocycles. The number of esters is 2. The monoisotopic (exact) mass is 326 g/mol. The van der Waals surface area contributed by atoms with Crippen molar-refractivity contribution in [2.45, 2.75) is 5.92 Å². The van der Waals surface area contributed by atoms with Crippen LogP contribution in [0, 0.1) is 26.1 Å². The Morgan fingerprint density at radius 2 is 1.70 bits per heavy atom. The Labute approximate surface area is 130 Å². The van der Waals surface area contributed by atoms with Gasteiger partial charge < -0.3 is 9.47 Å². The van der Waals surface area contributed by atoms with E-state index in [2.05, 4.69) is 9.47 Å². The van der Waals surface area contributed by atoms with E-state index in [1.165, 1.54) is 18.2 Å². The highest BCUT2D eigenvalue weighted by molar-refractivity contribution is 5.96. The number of hydrogen-bond donors (Lipinski definition) is 0. The number of benzene rings is 1. The van der Waals surface area contributed by atoms with Gasteiger partial charge in [0.15, 0.2) is 5.92 Å². The Bertz CT molecular complexity index is 614. The molecule has 0 unspecified atom stereocenters. The molecule has 124 valence electrons. The number of ether oxygens (including phenoxy) is 2. The van der Waals surface area contributed by atoms with Gasteiger partial charge in [0, 0.05) is 17.1 Å². The van der Waals surface area contributed by atoms with Crippen LogP contribution >= 0.6 is 0 Å². The second-order valence-corrected chi connectivity index (χ2v) is 4.50. The molecule has 0 N–H and O–H groups in total. The summed E-state index contributed by atoms with van der Waals surface area (Å²) in [5.74, 6) is -4.90. The van der Waals surface area contributed by atoms with E-state index in [4.69, 9.17) is 0 Å². The van der Waals surface area contributed by atoms with Gasteiger partial charge in [0.25, 0.3) is 5.69 Å². The molecule has 1 rings (SSSR count). The van der Waals surface area contributed by atoms with Crippen molar-refractivity contribution in [1.82, 2.24) is 0 Å². The van der Waals surface area contributed by atoms with Gasteiger partial charge >= 0.3 is 11.9 Å². The fraction of sp³-hybridized carbons (Fsp3) is 0.385. The maximum atomic E-state index is 11.8. The number of nitro benzene ring substituents is 1. The zero-order chi connectivity index (χ0) is 17.6. The number of non-ortho nitro benzene ring substituents is 1. The highest BCUT2D eigenvalue weighted by atomic mass is 16.6. The van der Waals surface area contributed by atoms with Crippen molar-refractivity contribution in [1.29, 1.82) is 0 Å². The molecule has 1 atom stereocenters. The smallest absolute Gasteiger partial charge is 0.320 e. The molecule has 0 spiro atoms. The van der Waals surface area contributed by atoms with Crippen LogP contribution < -0.4 is 0 Å². The Morgan fingerprint density at radius 3 is 2.13 bits per heavy atom. The predicted molar refractivity (Wildman–Crippen MR) is 75.2 cm³/mol. The zero-order valence-corrected chi connectivity index (χ0v) is 12.3. The second-order valence-electron chi connectivity index (χ2n) is 4.50. The molecule has 0 aliphatic rings. The number of carbonyl (C=O) groups is 2. The van der Waals surface area contributed by atoms with Crippen molar-refractivity contribution < 1.29 is 28.9 Å². The Balaban J connectivity index is 3.38. The fourth-order valence-corrected chi connectivity index (χ4v) is 2.11. The van der Waals surface area contributed by atoms with Crippen LogP contribution in [0.15, 0.2) is 24.3 Å². The summed E-state index contributed by atoms with van der Waals surface area (Å²) in [5.41, 5.74) is -0.221. The van der Waals surface area contributed by atoms with Crippen molar-refractivity contribution >= 4 is 17.6 Å². The first-order valence-electron chi connectivity index (χ1n) is 6.33.